The molecule has 1 saturated heterocycles. The topological polar surface area (TPSA) is 71.2 Å². The Hall–Kier alpha value is -2.24. The Kier molecular flexibility index (Phi) is 5.23. The number of carbonyl (C=O) groups is 1. The summed E-state index contributed by atoms with van der Waals surface area (Å²) in [6.45, 7) is 5.28. The molecule has 1 aromatic carbocycles. The van der Waals surface area contributed by atoms with Crippen LogP contribution in [0, 0.1) is 0 Å². The number of nitrogens with two attached hydrogens (primary N) is 1. The van der Waals surface area contributed by atoms with Crippen LogP contribution in [0.4, 0.5) is 0 Å². The number of nitrogens with zero attached hydrogens (tertiary/aromatic N) is 2. The molecule has 0 bridgehead atoms. The van der Waals surface area contributed by atoms with E-state index in [4.69, 9.17) is 5.73 Å². The van der Waals surface area contributed by atoms with E-state index in [9.17, 15) is 4.79 Å². The molecule has 2 heterocycles. The van der Waals surface area contributed by atoms with Gasteiger partial charge in [-0.05, 0) is 30.5 Å². The number of hydrogen-bond donors (Lipinski definition) is 2. The quantitative estimate of drug-likeness (QED) is 0.854. The molecule has 2 aromatic rings. The molecular formula is C19H24N4O. The summed E-state index contributed by atoms with van der Waals surface area (Å²) in [5, 5.41) is 3.66. The van der Waals surface area contributed by atoms with Gasteiger partial charge in [0.2, 0.25) is 0 Å². The van der Waals surface area contributed by atoms with Gasteiger partial charge in [0.1, 0.15) is 5.69 Å². The molecule has 1 amide bonds. The second kappa shape index (κ2) is 7.55. The second-order valence-corrected chi connectivity index (χ2v) is 6.44. The minimum atomic E-state index is -0.491. The highest BCUT2D eigenvalue weighted by Crippen LogP contribution is 2.18. The molecule has 2 unspecified atom stereocenters. The summed E-state index contributed by atoms with van der Waals surface area (Å²) < 4.78 is 0. The van der Waals surface area contributed by atoms with Crippen molar-refractivity contribution in [3.05, 3.63) is 65.5 Å². The van der Waals surface area contributed by atoms with E-state index in [0.717, 1.165) is 31.6 Å². The third kappa shape index (κ3) is 4.19. The lowest BCUT2D eigenvalue weighted by Gasteiger charge is -2.21. The first-order chi connectivity index (χ1) is 11.6. The molecule has 24 heavy (non-hydrogen) atoms. The predicted molar refractivity (Wildman–Crippen MR) is 94.4 cm³/mol. The number of pyridine rings is 1. The number of rotatable bonds is 6. The summed E-state index contributed by atoms with van der Waals surface area (Å²) in [5.74, 6) is -0.491. The van der Waals surface area contributed by atoms with Crippen molar-refractivity contribution in [3.8, 4) is 0 Å². The van der Waals surface area contributed by atoms with Crippen LogP contribution in [0.2, 0.25) is 0 Å². The lowest BCUT2D eigenvalue weighted by atomic mass is 10.1. The van der Waals surface area contributed by atoms with Crippen molar-refractivity contribution in [2.45, 2.75) is 32.0 Å². The predicted octanol–water partition coefficient (Wildman–Crippen LogP) is 2.11. The Labute approximate surface area is 142 Å². The minimum Gasteiger partial charge on any atom is -0.364 e. The van der Waals surface area contributed by atoms with Gasteiger partial charge in [-0.1, -0.05) is 36.4 Å². The van der Waals surface area contributed by atoms with Crippen molar-refractivity contribution in [2.75, 3.05) is 13.1 Å². The summed E-state index contributed by atoms with van der Waals surface area (Å²) in [7, 11) is 0. The number of amides is 1. The molecule has 0 spiro atoms. The van der Waals surface area contributed by atoms with Crippen LogP contribution in [0.25, 0.3) is 0 Å². The number of hydrogen-bond acceptors (Lipinski definition) is 4. The van der Waals surface area contributed by atoms with Crippen LogP contribution in [0.1, 0.15) is 41.0 Å². The highest BCUT2D eigenvalue weighted by molar-refractivity contribution is 5.90. The van der Waals surface area contributed by atoms with Gasteiger partial charge < -0.3 is 11.1 Å². The summed E-state index contributed by atoms with van der Waals surface area (Å²) in [4.78, 5) is 17.7. The summed E-state index contributed by atoms with van der Waals surface area (Å²) in [6, 6.07) is 14.9. The molecule has 0 radical (unpaired) electrons. The zero-order valence-electron chi connectivity index (χ0n) is 14.0. The fourth-order valence-corrected chi connectivity index (χ4v) is 3.21. The summed E-state index contributed by atoms with van der Waals surface area (Å²) in [6.07, 6.45) is 2.87. The SMILES string of the molecule is CC(NC1CCN(Cc2ccccc2)C1)c1ccc(C(N)=O)nc1. The van der Waals surface area contributed by atoms with Gasteiger partial charge in [-0.3, -0.25) is 14.7 Å². The number of primary amides is 1. The first-order valence-electron chi connectivity index (χ1n) is 8.40. The monoisotopic (exact) mass is 324 g/mol. The van der Waals surface area contributed by atoms with Crippen LogP contribution >= 0.6 is 0 Å². The molecule has 5 heteroatoms. The Balaban J connectivity index is 1.52. The Bertz CT molecular complexity index is 672. The third-order valence-corrected chi connectivity index (χ3v) is 4.55. The first kappa shape index (κ1) is 16.6. The Morgan fingerprint density at radius 3 is 2.79 bits per heavy atom. The molecule has 0 saturated carbocycles. The number of likely N-dealkylation sites (tertiary alicyclic amines) is 1. The van der Waals surface area contributed by atoms with Crippen molar-refractivity contribution >= 4 is 5.91 Å². The molecule has 3 N–H and O–H groups in total. The highest BCUT2D eigenvalue weighted by atomic mass is 16.1. The first-order valence-corrected chi connectivity index (χ1v) is 8.40. The zero-order valence-corrected chi connectivity index (χ0v) is 14.0. The lowest BCUT2D eigenvalue weighted by Crippen LogP contribution is -2.34. The van der Waals surface area contributed by atoms with Gasteiger partial charge in [-0.25, -0.2) is 0 Å². The van der Waals surface area contributed by atoms with E-state index in [2.05, 4.69) is 52.5 Å². The smallest absolute Gasteiger partial charge is 0.267 e. The standard InChI is InChI=1S/C19H24N4O/c1-14(16-7-8-18(19(20)24)21-11-16)22-17-9-10-23(13-17)12-15-5-3-2-4-6-15/h2-8,11,14,17,22H,9-10,12-13H2,1H3,(H2,20,24). The number of carbonyl (C=O) groups excluding carboxylic acids is 1. The Morgan fingerprint density at radius 1 is 1.33 bits per heavy atom. The van der Waals surface area contributed by atoms with Gasteiger partial charge >= 0.3 is 0 Å². The van der Waals surface area contributed by atoms with Crippen molar-refractivity contribution in [1.29, 1.82) is 0 Å². The average Bonchev–Trinajstić information content (AvgIpc) is 3.02. The van der Waals surface area contributed by atoms with Gasteiger partial charge in [0, 0.05) is 37.9 Å². The van der Waals surface area contributed by atoms with E-state index in [1.54, 1.807) is 12.3 Å². The number of aromatic nitrogens is 1. The van der Waals surface area contributed by atoms with Crippen LogP contribution in [0.15, 0.2) is 48.7 Å². The van der Waals surface area contributed by atoms with E-state index >= 15 is 0 Å². The zero-order chi connectivity index (χ0) is 16.9. The van der Waals surface area contributed by atoms with Crippen molar-refractivity contribution in [2.24, 2.45) is 5.73 Å². The maximum Gasteiger partial charge on any atom is 0.267 e. The Morgan fingerprint density at radius 2 is 2.12 bits per heavy atom. The average molecular weight is 324 g/mol. The summed E-state index contributed by atoms with van der Waals surface area (Å²) >= 11 is 0. The summed E-state index contributed by atoms with van der Waals surface area (Å²) in [5.41, 5.74) is 7.96. The van der Waals surface area contributed by atoms with Crippen LogP contribution in [0.3, 0.4) is 0 Å². The van der Waals surface area contributed by atoms with Crippen LogP contribution in [-0.2, 0) is 6.54 Å². The maximum atomic E-state index is 11.1. The molecular weight excluding hydrogens is 300 g/mol. The van der Waals surface area contributed by atoms with Crippen molar-refractivity contribution in [1.82, 2.24) is 15.2 Å². The molecule has 1 aliphatic heterocycles. The van der Waals surface area contributed by atoms with Gasteiger partial charge in [-0.2, -0.15) is 0 Å². The van der Waals surface area contributed by atoms with Gasteiger partial charge in [0.15, 0.2) is 0 Å². The fraction of sp³-hybridized carbons (Fsp3) is 0.368. The van der Waals surface area contributed by atoms with Crippen LogP contribution in [-0.4, -0.2) is 34.9 Å². The molecule has 126 valence electrons. The fourth-order valence-electron chi connectivity index (χ4n) is 3.21. The molecule has 3 rings (SSSR count). The minimum absolute atomic E-state index is 0.195. The van der Waals surface area contributed by atoms with Crippen LogP contribution < -0.4 is 11.1 Å². The molecule has 1 aromatic heterocycles. The molecule has 0 aliphatic carbocycles. The highest BCUT2D eigenvalue weighted by Gasteiger charge is 2.24. The van der Waals surface area contributed by atoms with Gasteiger partial charge in [0.05, 0.1) is 0 Å². The van der Waals surface area contributed by atoms with Gasteiger partial charge in [0.25, 0.3) is 5.91 Å². The molecule has 5 nitrogen and oxygen atoms in total. The largest absolute Gasteiger partial charge is 0.364 e. The van der Waals surface area contributed by atoms with E-state index in [-0.39, 0.29) is 6.04 Å². The van der Waals surface area contributed by atoms with Crippen molar-refractivity contribution in [3.63, 3.8) is 0 Å². The van der Waals surface area contributed by atoms with E-state index < -0.39 is 5.91 Å². The number of benzene rings is 1. The normalized spacial score (nSPS) is 19.3. The van der Waals surface area contributed by atoms with Gasteiger partial charge in [-0.15, -0.1) is 0 Å². The van der Waals surface area contributed by atoms with Crippen molar-refractivity contribution < 1.29 is 4.79 Å². The maximum absolute atomic E-state index is 11.1. The lowest BCUT2D eigenvalue weighted by molar-refractivity contribution is 0.0995. The number of nitrogens with one attached hydrogen (secondary N) is 1. The molecule has 2 atom stereocenters. The van der Waals surface area contributed by atoms with E-state index in [1.807, 2.05) is 6.07 Å². The van der Waals surface area contributed by atoms with E-state index in [0.29, 0.717) is 11.7 Å². The third-order valence-electron chi connectivity index (χ3n) is 4.55. The molecule has 1 aliphatic rings. The second-order valence-electron chi connectivity index (χ2n) is 6.44. The molecule has 1 fully saturated rings. The van der Waals surface area contributed by atoms with E-state index in [1.165, 1.54) is 5.56 Å². The van der Waals surface area contributed by atoms with Crippen LogP contribution in [0.5, 0.6) is 0 Å².